The van der Waals surface area contributed by atoms with E-state index in [1.54, 1.807) is 41.3 Å². The van der Waals surface area contributed by atoms with Gasteiger partial charge in [-0.25, -0.2) is 0 Å². The summed E-state index contributed by atoms with van der Waals surface area (Å²) in [5.41, 5.74) is 2.33. The van der Waals surface area contributed by atoms with Crippen molar-refractivity contribution in [1.82, 2.24) is 4.90 Å². The summed E-state index contributed by atoms with van der Waals surface area (Å²) in [6.07, 6.45) is 1.65. The Bertz CT molecular complexity index is 839. The zero-order valence-electron chi connectivity index (χ0n) is 14.9. The summed E-state index contributed by atoms with van der Waals surface area (Å²) in [6.45, 7) is 5.13. The second-order valence-corrected chi connectivity index (χ2v) is 7.30. The molecule has 1 heterocycles. The molecule has 2 aromatic rings. The molecule has 1 N–H and O–H groups in total. The molecule has 0 bridgehead atoms. The third-order valence-electron chi connectivity index (χ3n) is 4.36. The van der Waals surface area contributed by atoms with Gasteiger partial charge in [0.15, 0.2) is 6.61 Å². The smallest absolute Gasteiger partial charge is 0.262 e. The molecule has 27 heavy (non-hydrogen) atoms. The van der Waals surface area contributed by atoms with Crippen molar-refractivity contribution in [3.63, 3.8) is 0 Å². The first-order chi connectivity index (χ1) is 13.0. The number of nitrogens with zero attached hydrogens (tertiary/aromatic N) is 1. The highest BCUT2D eigenvalue weighted by Gasteiger charge is 2.22. The van der Waals surface area contributed by atoms with Crippen molar-refractivity contribution >= 4 is 33.4 Å². The van der Waals surface area contributed by atoms with Gasteiger partial charge in [-0.1, -0.05) is 40.2 Å². The Kier molecular flexibility index (Phi) is 6.29. The number of amides is 2. The van der Waals surface area contributed by atoms with Crippen molar-refractivity contribution < 1.29 is 14.3 Å². The predicted octanol–water partition coefficient (Wildman–Crippen LogP) is 4.26. The van der Waals surface area contributed by atoms with Crippen LogP contribution in [0.15, 0.2) is 65.2 Å². The minimum Gasteiger partial charge on any atom is -0.483 e. The first-order valence-electron chi connectivity index (χ1n) is 8.76. The van der Waals surface area contributed by atoms with Crippen molar-refractivity contribution in [3.05, 3.63) is 70.7 Å². The maximum atomic E-state index is 12.8. The Hall–Kier alpha value is -2.60. The van der Waals surface area contributed by atoms with Gasteiger partial charge in [0.2, 0.25) is 0 Å². The van der Waals surface area contributed by atoms with E-state index >= 15 is 0 Å². The average molecular weight is 429 g/mol. The number of carbonyl (C=O) groups excluding carboxylic acids is 2. The normalized spacial score (nSPS) is 14.0. The Balaban J connectivity index is 1.62. The van der Waals surface area contributed by atoms with Crippen molar-refractivity contribution in [1.29, 1.82) is 0 Å². The lowest BCUT2D eigenvalue weighted by Gasteiger charge is -2.28. The van der Waals surface area contributed by atoms with Crippen LogP contribution in [0.4, 0.5) is 5.69 Å². The lowest BCUT2D eigenvalue weighted by atomic mass is 10.0. The number of para-hydroxylation sites is 1. The van der Waals surface area contributed by atoms with Crippen molar-refractivity contribution in [3.8, 4) is 5.75 Å². The van der Waals surface area contributed by atoms with E-state index in [-0.39, 0.29) is 18.4 Å². The molecule has 2 amide bonds. The van der Waals surface area contributed by atoms with Gasteiger partial charge in [0, 0.05) is 23.2 Å². The Morgan fingerprint density at radius 2 is 1.74 bits per heavy atom. The van der Waals surface area contributed by atoms with E-state index < -0.39 is 0 Å². The van der Waals surface area contributed by atoms with Crippen LogP contribution in [0.5, 0.6) is 5.75 Å². The molecule has 1 fully saturated rings. The molecule has 1 saturated heterocycles. The highest BCUT2D eigenvalue weighted by molar-refractivity contribution is 9.10. The third-order valence-corrected chi connectivity index (χ3v) is 4.89. The maximum absolute atomic E-state index is 12.8. The molecule has 0 spiro atoms. The first-order valence-corrected chi connectivity index (χ1v) is 9.55. The van der Waals surface area contributed by atoms with Crippen LogP contribution < -0.4 is 10.1 Å². The van der Waals surface area contributed by atoms with Gasteiger partial charge in [0.25, 0.3) is 11.8 Å². The molecule has 3 rings (SSSR count). The minimum absolute atomic E-state index is 0.0774. The Morgan fingerprint density at radius 1 is 1.07 bits per heavy atom. The molecule has 0 unspecified atom stereocenters. The molecular weight excluding hydrogens is 408 g/mol. The summed E-state index contributed by atoms with van der Waals surface area (Å²) in [6, 6.07) is 14.3. The van der Waals surface area contributed by atoms with E-state index in [4.69, 9.17) is 4.74 Å². The SMILES string of the molecule is C=C1CCN(C(=O)c2ccccc2OCC(=O)Nc2ccc(Br)cc2)CC1. The van der Waals surface area contributed by atoms with Gasteiger partial charge in [-0.2, -0.15) is 0 Å². The third kappa shape index (κ3) is 5.20. The maximum Gasteiger partial charge on any atom is 0.262 e. The van der Waals surface area contributed by atoms with Crippen LogP contribution in [0, 0.1) is 0 Å². The second kappa shape index (κ2) is 8.86. The average Bonchev–Trinajstić information content (AvgIpc) is 2.68. The summed E-state index contributed by atoms with van der Waals surface area (Å²) in [5, 5.41) is 2.77. The van der Waals surface area contributed by atoms with E-state index in [0.29, 0.717) is 30.1 Å². The lowest BCUT2D eigenvalue weighted by molar-refractivity contribution is -0.118. The van der Waals surface area contributed by atoms with Gasteiger partial charge in [-0.05, 0) is 49.2 Å². The number of anilines is 1. The standard InChI is InChI=1S/C21H21BrN2O3/c1-15-10-12-24(13-11-15)21(26)18-4-2-3-5-19(18)27-14-20(25)23-17-8-6-16(22)7-9-17/h2-9H,1,10-14H2,(H,23,25). The molecule has 0 aromatic heterocycles. The summed E-state index contributed by atoms with van der Waals surface area (Å²) < 4.78 is 6.58. The molecule has 140 valence electrons. The highest BCUT2D eigenvalue weighted by Crippen LogP contribution is 2.23. The highest BCUT2D eigenvalue weighted by atomic mass is 79.9. The van der Waals surface area contributed by atoms with Crippen LogP contribution in [0.25, 0.3) is 0 Å². The minimum atomic E-state index is -0.283. The predicted molar refractivity (Wildman–Crippen MR) is 109 cm³/mol. The van der Waals surface area contributed by atoms with Gasteiger partial charge in [0.1, 0.15) is 5.75 Å². The van der Waals surface area contributed by atoms with Gasteiger partial charge < -0.3 is 15.0 Å². The molecule has 5 nitrogen and oxygen atoms in total. The molecule has 1 aliphatic heterocycles. The monoisotopic (exact) mass is 428 g/mol. The van der Waals surface area contributed by atoms with Gasteiger partial charge in [-0.15, -0.1) is 0 Å². The second-order valence-electron chi connectivity index (χ2n) is 6.38. The van der Waals surface area contributed by atoms with E-state index in [1.807, 2.05) is 12.1 Å². The number of benzene rings is 2. The summed E-state index contributed by atoms with van der Waals surface area (Å²) in [7, 11) is 0. The van der Waals surface area contributed by atoms with Crippen LogP contribution in [-0.2, 0) is 4.79 Å². The Morgan fingerprint density at radius 3 is 2.44 bits per heavy atom. The fourth-order valence-electron chi connectivity index (χ4n) is 2.84. The number of halogens is 1. The van der Waals surface area contributed by atoms with Crippen LogP contribution in [-0.4, -0.2) is 36.4 Å². The van der Waals surface area contributed by atoms with Gasteiger partial charge in [0.05, 0.1) is 5.56 Å². The molecule has 2 aromatic carbocycles. The van der Waals surface area contributed by atoms with Crippen LogP contribution >= 0.6 is 15.9 Å². The molecule has 0 radical (unpaired) electrons. The van der Waals surface area contributed by atoms with Crippen LogP contribution in [0.3, 0.4) is 0 Å². The summed E-state index contributed by atoms with van der Waals surface area (Å²) in [5.74, 6) is 0.0538. The first kappa shape index (κ1) is 19.2. The van der Waals surface area contributed by atoms with Crippen molar-refractivity contribution in [2.24, 2.45) is 0 Å². The molecule has 0 aliphatic carbocycles. The van der Waals surface area contributed by atoms with Crippen molar-refractivity contribution in [2.75, 3.05) is 25.0 Å². The number of carbonyl (C=O) groups is 2. The van der Waals surface area contributed by atoms with E-state index in [9.17, 15) is 9.59 Å². The lowest BCUT2D eigenvalue weighted by Crippen LogP contribution is -2.36. The fraction of sp³-hybridized carbons (Fsp3) is 0.238. The number of ether oxygens (including phenoxy) is 1. The zero-order valence-corrected chi connectivity index (χ0v) is 16.5. The summed E-state index contributed by atoms with van der Waals surface area (Å²) in [4.78, 5) is 26.7. The topological polar surface area (TPSA) is 58.6 Å². The van der Waals surface area contributed by atoms with E-state index in [2.05, 4.69) is 27.8 Å². The molecule has 6 heteroatoms. The number of hydrogen-bond acceptors (Lipinski definition) is 3. The number of likely N-dealkylation sites (tertiary alicyclic amines) is 1. The van der Waals surface area contributed by atoms with Crippen LogP contribution in [0.2, 0.25) is 0 Å². The van der Waals surface area contributed by atoms with Gasteiger partial charge >= 0.3 is 0 Å². The number of piperidine rings is 1. The number of hydrogen-bond donors (Lipinski definition) is 1. The molecule has 0 atom stereocenters. The largest absolute Gasteiger partial charge is 0.483 e. The van der Waals surface area contributed by atoms with E-state index in [1.165, 1.54) is 5.57 Å². The molecule has 0 saturated carbocycles. The van der Waals surface area contributed by atoms with Gasteiger partial charge in [-0.3, -0.25) is 9.59 Å². The number of rotatable bonds is 5. The molecule has 1 aliphatic rings. The Labute approximate surface area is 167 Å². The zero-order chi connectivity index (χ0) is 19.2. The quantitative estimate of drug-likeness (QED) is 0.723. The van der Waals surface area contributed by atoms with E-state index in [0.717, 1.165) is 17.3 Å². The van der Waals surface area contributed by atoms with Crippen molar-refractivity contribution in [2.45, 2.75) is 12.8 Å². The number of nitrogens with one attached hydrogen (secondary N) is 1. The fourth-order valence-corrected chi connectivity index (χ4v) is 3.10. The summed E-state index contributed by atoms with van der Waals surface area (Å²) >= 11 is 3.35. The van der Waals surface area contributed by atoms with Crippen LogP contribution in [0.1, 0.15) is 23.2 Å². The molecular formula is C21H21BrN2O3.